The van der Waals surface area contributed by atoms with Gasteiger partial charge in [-0.3, -0.25) is 15.2 Å². The molecular formula is C14H23F3N4O3S. The molecule has 25 heavy (non-hydrogen) atoms. The Bertz CT molecular complexity index is 534. The van der Waals surface area contributed by atoms with Crippen LogP contribution in [0.3, 0.4) is 0 Å². The highest BCUT2D eigenvalue weighted by Crippen LogP contribution is 2.29. The van der Waals surface area contributed by atoms with Crippen molar-refractivity contribution in [3.8, 4) is 0 Å². The predicted molar refractivity (Wildman–Crippen MR) is 89.8 cm³/mol. The minimum absolute atomic E-state index is 0.0387. The Morgan fingerprint density at radius 1 is 1.24 bits per heavy atom. The summed E-state index contributed by atoms with van der Waals surface area (Å²) in [4.78, 5) is 29.6. The topological polar surface area (TPSA) is 74.2 Å². The molecule has 1 heterocycles. The van der Waals surface area contributed by atoms with Crippen LogP contribution in [0.25, 0.3) is 0 Å². The van der Waals surface area contributed by atoms with Crippen molar-refractivity contribution in [2.45, 2.75) is 38.6 Å². The fraction of sp³-hybridized carbons (Fsp3) is 0.786. The second kappa shape index (κ2) is 8.15. The third-order valence-electron chi connectivity index (χ3n) is 3.28. The number of carbonyl (C=O) groups is 2. The first kappa shape index (κ1) is 21.4. The summed E-state index contributed by atoms with van der Waals surface area (Å²) in [5.41, 5.74) is -0.910. The Balaban J connectivity index is 2.89. The van der Waals surface area contributed by atoms with Gasteiger partial charge in [-0.15, -0.1) is 0 Å². The molecule has 1 N–H and O–H groups in total. The number of rotatable bonds is 0. The first-order valence-electron chi connectivity index (χ1n) is 7.52. The lowest BCUT2D eigenvalue weighted by Crippen LogP contribution is -2.63. The standard InChI is InChI=1S/C14H23F3N4O3S/c1-13(2,3)24-12(23)21-7-6-20(8-9(21)14(15,16)17)11(22)19-10(18-4)25-5/h9H,6-8H2,1-5H3,(H,18,19,22)/t9-/m1/s1. The molecule has 0 unspecified atom stereocenters. The first-order chi connectivity index (χ1) is 11.4. The van der Waals surface area contributed by atoms with E-state index in [4.69, 9.17) is 4.74 Å². The van der Waals surface area contributed by atoms with E-state index >= 15 is 0 Å². The molecule has 1 fully saturated rings. The number of amidine groups is 1. The molecule has 3 amide bonds. The number of amides is 3. The van der Waals surface area contributed by atoms with Gasteiger partial charge in [0, 0.05) is 20.1 Å². The molecule has 144 valence electrons. The Kier molecular flexibility index (Phi) is 6.98. The van der Waals surface area contributed by atoms with Crippen molar-refractivity contribution in [1.29, 1.82) is 0 Å². The summed E-state index contributed by atoms with van der Waals surface area (Å²) in [5.74, 6) is 0. The van der Waals surface area contributed by atoms with Crippen LogP contribution in [0, 0.1) is 0 Å². The summed E-state index contributed by atoms with van der Waals surface area (Å²) in [7, 11) is 1.46. The first-order valence-corrected chi connectivity index (χ1v) is 8.74. The molecule has 1 aliphatic heterocycles. The maximum absolute atomic E-state index is 13.4. The highest BCUT2D eigenvalue weighted by molar-refractivity contribution is 8.13. The number of nitrogens with one attached hydrogen (secondary N) is 1. The lowest BCUT2D eigenvalue weighted by atomic mass is 10.1. The van der Waals surface area contributed by atoms with Crippen LogP contribution in [0.2, 0.25) is 0 Å². The van der Waals surface area contributed by atoms with Crippen molar-refractivity contribution in [3.63, 3.8) is 0 Å². The minimum Gasteiger partial charge on any atom is -0.444 e. The molecule has 0 saturated carbocycles. The van der Waals surface area contributed by atoms with Gasteiger partial charge in [0.1, 0.15) is 11.6 Å². The Hall–Kier alpha value is -1.65. The van der Waals surface area contributed by atoms with E-state index < -0.39 is 36.5 Å². The van der Waals surface area contributed by atoms with Crippen molar-refractivity contribution in [2.24, 2.45) is 4.99 Å². The van der Waals surface area contributed by atoms with Crippen molar-refractivity contribution < 1.29 is 27.5 Å². The molecule has 7 nitrogen and oxygen atoms in total. The second-order valence-corrected chi connectivity index (χ2v) is 7.14. The molecule has 0 aromatic rings. The van der Waals surface area contributed by atoms with Gasteiger partial charge < -0.3 is 9.64 Å². The monoisotopic (exact) mass is 384 g/mol. The van der Waals surface area contributed by atoms with Gasteiger partial charge in [-0.25, -0.2) is 9.59 Å². The average molecular weight is 384 g/mol. The van der Waals surface area contributed by atoms with Crippen molar-refractivity contribution >= 4 is 29.1 Å². The Morgan fingerprint density at radius 2 is 1.84 bits per heavy atom. The molecule has 1 aliphatic rings. The van der Waals surface area contributed by atoms with E-state index in [0.29, 0.717) is 10.1 Å². The third-order valence-corrected chi connectivity index (χ3v) is 3.96. The van der Waals surface area contributed by atoms with Gasteiger partial charge in [-0.2, -0.15) is 13.2 Å². The van der Waals surface area contributed by atoms with Crippen molar-refractivity contribution in [2.75, 3.05) is 32.9 Å². The number of aliphatic imine (C=N–C) groups is 1. The van der Waals surface area contributed by atoms with Crippen LogP contribution in [-0.4, -0.2) is 77.8 Å². The van der Waals surface area contributed by atoms with Crippen LogP contribution < -0.4 is 5.32 Å². The maximum atomic E-state index is 13.4. The molecule has 1 atom stereocenters. The smallest absolute Gasteiger partial charge is 0.410 e. The van der Waals surface area contributed by atoms with Crippen molar-refractivity contribution in [3.05, 3.63) is 0 Å². The largest absolute Gasteiger partial charge is 0.444 e. The van der Waals surface area contributed by atoms with Crippen LogP contribution in [0.15, 0.2) is 4.99 Å². The highest BCUT2D eigenvalue weighted by Gasteiger charge is 2.50. The number of hydrogen-bond acceptors (Lipinski definition) is 5. The van der Waals surface area contributed by atoms with Crippen LogP contribution in [0.1, 0.15) is 20.8 Å². The van der Waals surface area contributed by atoms with E-state index in [1.54, 1.807) is 27.0 Å². The molecular weight excluding hydrogens is 361 g/mol. The molecule has 0 aromatic heterocycles. The summed E-state index contributed by atoms with van der Waals surface area (Å²) < 4.78 is 45.2. The highest BCUT2D eigenvalue weighted by atomic mass is 32.2. The molecule has 0 aliphatic carbocycles. The third kappa shape index (κ3) is 6.29. The Morgan fingerprint density at radius 3 is 2.28 bits per heavy atom. The summed E-state index contributed by atoms with van der Waals surface area (Å²) >= 11 is 1.17. The summed E-state index contributed by atoms with van der Waals surface area (Å²) in [5, 5.41) is 2.73. The van der Waals surface area contributed by atoms with Crippen LogP contribution in [0.4, 0.5) is 22.8 Å². The molecule has 1 saturated heterocycles. The maximum Gasteiger partial charge on any atom is 0.410 e. The fourth-order valence-corrected chi connectivity index (χ4v) is 2.53. The number of nitrogens with zero attached hydrogens (tertiary/aromatic N) is 3. The molecule has 0 bridgehead atoms. The summed E-state index contributed by atoms with van der Waals surface area (Å²) in [6, 6.07) is -2.81. The number of carbonyl (C=O) groups excluding carboxylic acids is 2. The Labute approximate surface area is 148 Å². The number of halogens is 3. The van der Waals surface area contributed by atoms with E-state index in [2.05, 4.69) is 10.3 Å². The van der Waals surface area contributed by atoms with E-state index in [9.17, 15) is 22.8 Å². The number of thioether (sulfide) groups is 1. The number of hydrogen-bond donors (Lipinski definition) is 1. The summed E-state index contributed by atoms with van der Waals surface area (Å²) in [6.45, 7) is 3.75. The molecule has 1 rings (SSSR count). The average Bonchev–Trinajstić information content (AvgIpc) is 2.49. The quantitative estimate of drug-likeness (QED) is 0.515. The minimum atomic E-state index is -4.68. The molecule has 0 radical (unpaired) electrons. The van der Waals surface area contributed by atoms with Crippen LogP contribution in [-0.2, 0) is 4.74 Å². The molecule has 0 spiro atoms. The van der Waals surface area contributed by atoms with Crippen molar-refractivity contribution in [1.82, 2.24) is 15.1 Å². The number of ether oxygens (including phenoxy) is 1. The number of urea groups is 1. The van der Waals surface area contributed by atoms with Crippen LogP contribution >= 0.6 is 11.8 Å². The lowest BCUT2D eigenvalue weighted by Gasteiger charge is -2.42. The number of piperazine rings is 1. The second-order valence-electron chi connectivity index (χ2n) is 6.34. The zero-order valence-corrected chi connectivity index (χ0v) is 15.6. The van der Waals surface area contributed by atoms with Crippen LogP contribution in [0.5, 0.6) is 0 Å². The molecule has 11 heteroatoms. The van der Waals surface area contributed by atoms with Gasteiger partial charge >= 0.3 is 18.3 Å². The fourth-order valence-electron chi connectivity index (χ4n) is 2.16. The molecule has 0 aromatic carbocycles. The van der Waals surface area contributed by atoms with Gasteiger partial charge in [0.25, 0.3) is 0 Å². The predicted octanol–water partition coefficient (Wildman–Crippen LogP) is 2.53. The van der Waals surface area contributed by atoms with Gasteiger partial charge in [-0.1, -0.05) is 11.8 Å². The van der Waals surface area contributed by atoms with E-state index in [0.717, 1.165) is 4.90 Å². The van der Waals surface area contributed by atoms with Gasteiger partial charge in [0.05, 0.1) is 6.54 Å². The van der Waals surface area contributed by atoms with E-state index in [1.165, 1.54) is 18.8 Å². The zero-order valence-electron chi connectivity index (χ0n) is 14.8. The van der Waals surface area contributed by atoms with Gasteiger partial charge in [0.2, 0.25) is 0 Å². The summed E-state index contributed by atoms with van der Waals surface area (Å²) in [6.07, 6.45) is -4.05. The lowest BCUT2D eigenvalue weighted by molar-refractivity contribution is -0.190. The van der Waals surface area contributed by atoms with E-state index in [-0.39, 0.29) is 13.1 Å². The normalized spacial score (nSPS) is 19.7. The zero-order chi connectivity index (χ0) is 19.4. The number of alkyl halides is 3. The van der Waals surface area contributed by atoms with E-state index in [1.807, 2.05) is 0 Å². The van der Waals surface area contributed by atoms with Gasteiger partial charge in [-0.05, 0) is 27.0 Å². The van der Waals surface area contributed by atoms with Gasteiger partial charge in [0.15, 0.2) is 5.17 Å². The SMILES string of the molecule is C/N=C(/NC(=O)N1CCN(C(=O)OC(C)(C)C)[C@@H](C(F)(F)F)C1)SC.